The molecule has 164 valence electrons. The number of aromatic nitrogens is 2. The lowest BCUT2D eigenvalue weighted by Gasteiger charge is -2.11. The highest BCUT2D eigenvalue weighted by Crippen LogP contribution is 2.30. The monoisotopic (exact) mass is 456 g/mol. The predicted octanol–water partition coefficient (Wildman–Crippen LogP) is 5.40. The molecule has 0 fully saturated rings. The first-order valence-electron chi connectivity index (χ1n) is 10.0. The number of benzene rings is 2. The quantitative estimate of drug-likeness (QED) is 0.276. The summed E-state index contributed by atoms with van der Waals surface area (Å²) in [6.07, 6.45) is 2.51. The minimum atomic E-state index is -1.27. The predicted molar refractivity (Wildman–Crippen MR) is 116 cm³/mol. The number of hydrogen-bond acceptors (Lipinski definition) is 5. The molecule has 0 saturated carbocycles. The number of nitrogens with zero attached hydrogens (tertiary/aromatic N) is 2. The van der Waals surface area contributed by atoms with Gasteiger partial charge in [0.2, 0.25) is 0 Å². The summed E-state index contributed by atoms with van der Waals surface area (Å²) < 4.78 is 46.6. The van der Waals surface area contributed by atoms with Crippen molar-refractivity contribution in [2.24, 2.45) is 0 Å². The van der Waals surface area contributed by atoms with Crippen LogP contribution in [0.1, 0.15) is 34.3 Å². The van der Waals surface area contributed by atoms with E-state index in [2.05, 4.69) is 9.97 Å². The van der Waals surface area contributed by atoms with Crippen molar-refractivity contribution in [1.82, 2.24) is 9.97 Å². The molecule has 2 aromatic heterocycles. The van der Waals surface area contributed by atoms with E-state index in [-0.39, 0.29) is 35.6 Å². The van der Waals surface area contributed by atoms with Gasteiger partial charge in [0.25, 0.3) is 0 Å². The summed E-state index contributed by atoms with van der Waals surface area (Å²) in [4.78, 5) is 20.8. The van der Waals surface area contributed by atoms with Crippen molar-refractivity contribution in [2.75, 3.05) is 6.61 Å². The van der Waals surface area contributed by atoms with Crippen LogP contribution < -0.4 is 0 Å². The van der Waals surface area contributed by atoms with Crippen molar-refractivity contribution in [2.45, 2.75) is 26.2 Å². The third kappa shape index (κ3) is 4.80. The maximum atomic E-state index is 14.0. The lowest BCUT2D eigenvalue weighted by molar-refractivity contribution is -0.142. The van der Waals surface area contributed by atoms with Crippen LogP contribution in [0.25, 0.3) is 10.2 Å². The number of hydrogen-bond donors (Lipinski definition) is 0. The van der Waals surface area contributed by atoms with Gasteiger partial charge in [-0.3, -0.25) is 9.78 Å². The van der Waals surface area contributed by atoms with Gasteiger partial charge in [0.15, 0.2) is 11.6 Å². The Labute approximate surface area is 186 Å². The fourth-order valence-corrected chi connectivity index (χ4v) is 4.43. The fourth-order valence-electron chi connectivity index (χ4n) is 3.43. The van der Waals surface area contributed by atoms with Gasteiger partial charge in [-0.1, -0.05) is 36.4 Å². The van der Waals surface area contributed by atoms with Crippen LogP contribution in [-0.4, -0.2) is 22.5 Å². The summed E-state index contributed by atoms with van der Waals surface area (Å²) in [5, 5.41) is 0.420. The molecule has 0 aliphatic heterocycles. The van der Waals surface area contributed by atoms with Crippen LogP contribution in [0.5, 0.6) is 0 Å². The van der Waals surface area contributed by atoms with Crippen LogP contribution in [0.3, 0.4) is 0 Å². The molecule has 0 N–H and O–H groups in total. The van der Waals surface area contributed by atoms with E-state index >= 15 is 0 Å². The van der Waals surface area contributed by atoms with Gasteiger partial charge in [-0.2, -0.15) is 0 Å². The zero-order valence-corrected chi connectivity index (χ0v) is 18.0. The van der Waals surface area contributed by atoms with Crippen LogP contribution >= 0.6 is 11.3 Å². The van der Waals surface area contributed by atoms with Gasteiger partial charge < -0.3 is 4.74 Å². The van der Waals surface area contributed by atoms with Crippen LogP contribution in [0.4, 0.5) is 13.2 Å². The summed E-state index contributed by atoms with van der Waals surface area (Å²) in [6.45, 7) is 2.02. The van der Waals surface area contributed by atoms with Gasteiger partial charge in [0.05, 0.1) is 22.7 Å². The minimum absolute atomic E-state index is 0.0284. The smallest absolute Gasteiger partial charge is 0.310 e. The number of fused-ring (bicyclic) bond motifs is 1. The average molecular weight is 456 g/mol. The molecule has 32 heavy (non-hydrogen) atoms. The average Bonchev–Trinajstić information content (AvgIpc) is 3.19. The van der Waals surface area contributed by atoms with Gasteiger partial charge in [-0.25, -0.2) is 18.2 Å². The number of rotatable bonds is 7. The van der Waals surface area contributed by atoms with Gasteiger partial charge in [-0.05, 0) is 23.6 Å². The standard InChI is InChI=1S/C24H19F3N2O2S/c1-2-31-21(30)11-16-8-15(13-28-19(16)9-14-6-4-3-5-7-14)10-20-29-23-22(27)17(25)12-18(26)24(23)32-20/h3-8,12-13H,2,9-11H2,1H3. The maximum Gasteiger partial charge on any atom is 0.310 e. The van der Waals surface area contributed by atoms with E-state index in [4.69, 9.17) is 4.74 Å². The van der Waals surface area contributed by atoms with E-state index in [0.717, 1.165) is 28.2 Å². The Morgan fingerprint density at radius 2 is 1.81 bits per heavy atom. The second-order valence-corrected chi connectivity index (χ2v) is 8.29. The Morgan fingerprint density at radius 1 is 1.03 bits per heavy atom. The first-order chi connectivity index (χ1) is 15.4. The largest absolute Gasteiger partial charge is 0.466 e. The molecule has 4 aromatic rings. The second-order valence-electron chi connectivity index (χ2n) is 7.21. The van der Waals surface area contributed by atoms with E-state index in [1.165, 1.54) is 0 Å². The lowest BCUT2D eigenvalue weighted by atomic mass is 10.0. The Kier molecular flexibility index (Phi) is 6.50. The number of esters is 1. The number of ether oxygens (including phenoxy) is 1. The highest BCUT2D eigenvalue weighted by Gasteiger charge is 2.18. The molecule has 8 heteroatoms. The van der Waals surface area contributed by atoms with Gasteiger partial charge in [0.1, 0.15) is 11.3 Å². The molecule has 0 aliphatic carbocycles. The molecule has 2 aromatic carbocycles. The first kappa shape index (κ1) is 22.0. The van der Waals surface area contributed by atoms with Crippen molar-refractivity contribution in [3.63, 3.8) is 0 Å². The summed E-state index contributed by atoms with van der Waals surface area (Å²) in [5.41, 5.74) is 2.92. The van der Waals surface area contributed by atoms with Gasteiger partial charge in [0, 0.05) is 30.8 Å². The molecular weight excluding hydrogens is 437 g/mol. The number of halogens is 3. The summed E-state index contributed by atoms with van der Waals surface area (Å²) in [7, 11) is 0. The molecule has 4 rings (SSSR count). The molecule has 0 atom stereocenters. The summed E-state index contributed by atoms with van der Waals surface area (Å²) in [5.74, 6) is -3.64. The Balaban J connectivity index is 1.65. The van der Waals surface area contributed by atoms with Crippen molar-refractivity contribution >= 4 is 27.5 Å². The van der Waals surface area contributed by atoms with Crippen LogP contribution in [0.15, 0.2) is 48.7 Å². The van der Waals surface area contributed by atoms with Gasteiger partial charge >= 0.3 is 5.97 Å². The Bertz CT molecular complexity index is 1280. The van der Waals surface area contributed by atoms with E-state index in [0.29, 0.717) is 23.1 Å². The van der Waals surface area contributed by atoms with Crippen molar-refractivity contribution in [3.8, 4) is 0 Å². The fraction of sp³-hybridized carbons (Fsp3) is 0.208. The Hall–Kier alpha value is -3.26. The maximum absolute atomic E-state index is 14.0. The molecule has 0 amide bonds. The summed E-state index contributed by atoms with van der Waals surface area (Å²) in [6, 6.07) is 12.1. The van der Waals surface area contributed by atoms with Crippen molar-refractivity contribution in [3.05, 3.63) is 93.5 Å². The van der Waals surface area contributed by atoms with E-state index < -0.39 is 17.5 Å². The third-order valence-electron chi connectivity index (χ3n) is 4.89. The highest BCUT2D eigenvalue weighted by atomic mass is 32.1. The SMILES string of the molecule is CCOC(=O)Cc1cc(Cc2nc3c(F)c(F)cc(F)c3s2)cnc1Cc1ccccc1. The molecule has 0 aliphatic rings. The molecular formula is C24H19F3N2O2S. The minimum Gasteiger partial charge on any atom is -0.466 e. The van der Waals surface area contributed by atoms with E-state index in [1.807, 2.05) is 36.4 Å². The normalized spacial score (nSPS) is 11.1. The summed E-state index contributed by atoms with van der Waals surface area (Å²) >= 11 is 0.964. The van der Waals surface area contributed by atoms with Crippen molar-refractivity contribution in [1.29, 1.82) is 0 Å². The number of carbonyl (C=O) groups is 1. The Morgan fingerprint density at radius 3 is 2.56 bits per heavy atom. The van der Waals surface area contributed by atoms with E-state index in [9.17, 15) is 18.0 Å². The molecule has 0 bridgehead atoms. The first-order valence-corrected chi connectivity index (χ1v) is 10.9. The zero-order chi connectivity index (χ0) is 22.7. The number of carbonyl (C=O) groups excluding carboxylic acids is 1. The van der Waals surface area contributed by atoms with E-state index in [1.54, 1.807) is 13.1 Å². The molecule has 0 saturated heterocycles. The molecule has 2 heterocycles. The third-order valence-corrected chi connectivity index (χ3v) is 5.95. The number of thiazole rings is 1. The highest BCUT2D eigenvalue weighted by molar-refractivity contribution is 7.18. The molecule has 0 unspecified atom stereocenters. The molecule has 4 nitrogen and oxygen atoms in total. The topological polar surface area (TPSA) is 52.1 Å². The second kappa shape index (κ2) is 9.48. The van der Waals surface area contributed by atoms with Crippen molar-refractivity contribution < 1.29 is 22.7 Å². The molecule has 0 spiro atoms. The van der Waals surface area contributed by atoms with Crippen LogP contribution in [0, 0.1) is 17.5 Å². The molecule has 0 radical (unpaired) electrons. The lowest BCUT2D eigenvalue weighted by Crippen LogP contribution is -2.11. The zero-order valence-electron chi connectivity index (χ0n) is 17.2. The van der Waals surface area contributed by atoms with Crippen LogP contribution in [-0.2, 0) is 28.8 Å². The number of pyridine rings is 1. The van der Waals surface area contributed by atoms with Gasteiger partial charge in [-0.15, -0.1) is 11.3 Å². The van der Waals surface area contributed by atoms with Crippen LogP contribution in [0.2, 0.25) is 0 Å².